The number of hydrogen-bond donors (Lipinski definition) is 2. The summed E-state index contributed by atoms with van der Waals surface area (Å²) in [5, 5.41) is 5.40. The van der Waals surface area contributed by atoms with Crippen LogP contribution in [0, 0.1) is 0 Å². The number of benzene rings is 1. The number of hydrogen-bond acceptors (Lipinski definition) is 4. The van der Waals surface area contributed by atoms with Crippen molar-refractivity contribution in [1.82, 2.24) is 10.3 Å². The standard InChI is InChI=1S/C14H17Cl2N3S/c1-14(2,12-10(15)4-3-5-11(12)16)8-18-6-9-7-19-13(17)20-9/h3-5,7,18H,6,8H2,1-2H3,(H2,17,19). The molecule has 0 saturated heterocycles. The summed E-state index contributed by atoms with van der Waals surface area (Å²) >= 11 is 14.0. The summed E-state index contributed by atoms with van der Waals surface area (Å²) < 4.78 is 0. The van der Waals surface area contributed by atoms with Gasteiger partial charge in [0.15, 0.2) is 5.13 Å². The van der Waals surface area contributed by atoms with Crippen molar-refractivity contribution in [2.75, 3.05) is 12.3 Å². The molecule has 0 saturated carbocycles. The molecule has 0 bridgehead atoms. The van der Waals surface area contributed by atoms with Crippen LogP contribution in [0.2, 0.25) is 10.0 Å². The molecule has 0 amide bonds. The first kappa shape index (κ1) is 15.6. The van der Waals surface area contributed by atoms with Crippen LogP contribution in [0.25, 0.3) is 0 Å². The molecule has 0 unspecified atom stereocenters. The number of aromatic nitrogens is 1. The van der Waals surface area contributed by atoms with Gasteiger partial charge in [-0.15, -0.1) is 11.3 Å². The van der Waals surface area contributed by atoms with Crippen molar-refractivity contribution in [2.45, 2.75) is 25.8 Å². The summed E-state index contributed by atoms with van der Waals surface area (Å²) in [6.07, 6.45) is 1.79. The lowest BCUT2D eigenvalue weighted by molar-refractivity contribution is 0.470. The Morgan fingerprint density at radius 1 is 1.30 bits per heavy atom. The van der Waals surface area contributed by atoms with E-state index in [4.69, 9.17) is 28.9 Å². The van der Waals surface area contributed by atoms with Gasteiger partial charge in [0.25, 0.3) is 0 Å². The van der Waals surface area contributed by atoms with E-state index in [0.29, 0.717) is 15.2 Å². The average molecular weight is 330 g/mol. The molecule has 0 aliphatic carbocycles. The molecular weight excluding hydrogens is 313 g/mol. The van der Waals surface area contributed by atoms with Gasteiger partial charge in [-0.25, -0.2) is 4.98 Å². The Kier molecular flexibility index (Phi) is 4.91. The van der Waals surface area contributed by atoms with Crippen LogP contribution < -0.4 is 11.1 Å². The maximum atomic E-state index is 6.28. The van der Waals surface area contributed by atoms with Gasteiger partial charge >= 0.3 is 0 Å². The minimum atomic E-state index is -0.161. The number of nitrogens with two attached hydrogens (primary N) is 1. The molecule has 0 spiro atoms. The minimum Gasteiger partial charge on any atom is -0.375 e. The molecule has 1 aromatic heterocycles. The van der Waals surface area contributed by atoms with E-state index in [0.717, 1.165) is 23.5 Å². The van der Waals surface area contributed by atoms with Crippen LogP contribution in [0.5, 0.6) is 0 Å². The third-order valence-electron chi connectivity index (χ3n) is 3.08. The first-order chi connectivity index (χ1) is 9.40. The lowest BCUT2D eigenvalue weighted by Gasteiger charge is -2.27. The smallest absolute Gasteiger partial charge is 0.180 e. The molecule has 2 rings (SSSR count). The highest BCUT2D eigenvalue weighted by Crippen LogP contribution is 2.35. The van der Waals surface area contributed by atoms with E-state index in [9.17, 15) is 0 Å². The van der Waals surface area contributed by atoms with E-state index in [1.54, 1.807) is 6.20 Å². The zero-order chi connectivity index (χ0) is 14.8. The van der Waals surface area contributed by atoms with Crippen molar-refractivity contribution in [3.05, 3.63) is 44.9 Å². The molecule has 0 aliphatic rings. The summed E-state index contributed by atoms with van der Waals surface area (Å²) in [6, 6.07) is 5.60. The molecule has 20 heavy (non-hydrogen) atoms. The van der Waals surface area contributed by atoms with Gasteiger partial charge in [0, 0.05) is 39.6 Å². The maximum Gasteiger partial charge on any atom is 0.180 e. The van der Waals surface area contributed by atoms with E-state index in [-0.39, 0.29) is 5.41 Å². The molecule has 6 heteroatoms. The zero-order valence-corrected chi connectivity index (χ0v) is 13.7. The monoisotopic (exact) mass is 329 g/mol. The fraction of sp³-hybridized carbons (Fsp3) is 0.357. The van der Waals surface area contributed by atoms with Crippen LogP contribution in [0.15, 0.2) is 24.4 Å². The molecule has 0 atom stereocenters. The van der Waals surface area contributed by atoms with E-state index >= 15 is 0 Å². The summed E-state index contributed by atoms with van der Waals surface area (Å²) in [7, 11) is 0. The summed E-state index contributed by atoms with van der Waals surface area (Å²) in [5.74, 6) is 0. The second-order valence-electron chi connectivity index (χ2n) is 5.25. The Morgan fingerprint density at radius 2 is 1.95 bits per heavy atom. The van der Waals surface area contributed by atoms with Crippen LogP contribution in [-0.2, 0) is 12.0 Å². The second kappa shape index (κ2) is 6.31. The van der Waals surface area contributed by atoms with E-state index in [1.807, 2.05) is 18.2 Å². The predicted octanol–water partition coefficient (Wildman–Crippen LogP) is 4.10. The quantitative estimate of drug-likeness (QED) is 0.868. The van der Waals surface area contributed by atoms with Crippen molar-refractivity contribution in [2.24, 2.45) is 0 Å². The fourth-order valence-corrected chi connectivity index (χ4v) is 3.70. The van der Waals surface area contributed by atoms with Gasteiger partial charge in [0.1, 0.15) is 0 Å². The van der Waals surface area contributed by atoms with Gasteiger partial charge in [-0.1, -0.05) is 43.1 Å². The van der Waals surface area contributed by atoms with Crippen LogP contribution in [0.4, 0.5) is 5.13 Å². The topological polar surface area (TPSA) is 50.9 Å². The number of anilines is 1. The molecule has 3 nitrogen and oxygen atoms in total. The lowest BCUT2D eigenvalue weighted by atomic mass is 9.84. The Balaban J connectivity index is 2.03. The number of halogens is 2. The largest absolute Gasteiger partial charge is 0.375 e. The van der Waals surface area contributed by atoms with Gasteiger partial charge in [0.2, 0.25) is 0 Å². The van der Waals surface area contributed by atoms with Crippen LogP contribution in [0.3, 0.4) is 0 Å². The molecule has 1 heterocycles. The first-order valence-electron chi connectivity index (χ1n) is 6.25. The number of nitrogens with one attached hydrogen (secondary N) is 1. The molecule has 0 fully saturated rings. The normalized spacial score (nSPS) is 11.8. The summed E-state index contributed by atoms with van der Waals surface area (Å²) in [4.78, 5) is 5.15. The molecule has 108 valence electrons. The molecular formula is C14H17Cl2N3S. The minimum absolute atomic E-state index is 0.161. The lowest BCUT2D eigenvalue weighted by Crippen LogP contribution is -2.33. The van der Waals surface area contributed by atoms with Crippen molar-refractivity contribution < 1.29 is 0 Å². The highest BCUT2D eigenvalue weighted by atomic mass is 35.5. The first-order valence-corrected chi connectivity index (χ1v) is 7.83. The summed E-state index contributed by atoms with van der Waals surface area (Å²) in [5.41, 5.74) is 6.42. The van der Waals surface area contributed by atoms with E-state index in [2.05, 4.69) is 24.1 Å². The SMILES string of the molecule is CC(C)(CNCc1cnc(N)s1)c1c(Cl)cccc1Cl. The number of nitrogens with zero attached hydrogens (tertiary/aromatic N) is 1. The highest BCUT2D eigenvalue weighted by Gasteiger charge is 2.25. The molecule has 1 aromatic carbocycles. The second-order valence-corrected chi connectivity index (χ2v) is 7.21. The Hall–Kier alpha value is -0.810. The van der Waals surface area contributed by atoms with Crippen molar-refractivity contribution in [3.8, 4) is 0 Å². The van der Waals surface area contributed by atoms with Gasteiger partial charge in [-0.2, -0.15) is 0 Å². The average Bonchev–Trinajstić information content (AvgIpc) is 2.74. The number of rotatable bonds is 5. The van der Waals surface area contributed by atoms with Gasteiger partial charge in [-0.3, -0.25) is 0 Å². The molecule has 0 aliphatic heterocycles. The zero-order valence-electron chi connectivity index (χ0n) is 11.4. The third-order valence-corrected chi connectivity index (χ3v) is 4.53. The van der Waals surface area contributed by atoms with Crippen LogP contribution in [-0.4, -0.2) is 11.5 Å². The van der Waals surface area contributed by atoms with E-state index in [1.165, 1.54) is 11.3 Å². The molecule has 0 radical (unpaired) electrons. The van der Waals surface area contributed by atoms with Crippen molar-refractivity contribution in [1.29, 1.82) is 0 Å². The van der Waals surface area contributed by atoms with Crippen LogP contribution in [0.1, 0.15) is 24.3 Å². The van der Waals surface area contributed by atoms with Gasteiger partial charge < -0.3 is 11.1 Å². The Bertz CT molecular complexity index is 576. The number of thiazole rings is 1. The third kappa shape index (κ3) is 3.64. The van der Waals surface area contributed by atoms with Gasteiger partial charge in [-0.05, 0) is 17.7 Å². The van der Waals surface area contributed by atoms with Crippen molar-refractivity contribution >= 4 is 39.7 Å². The van der Waals surface area contributed by atoms with Gasteiger partial charge in [0.05, 0.1) is 0 Å². The fourth-order valence-electron chi connectivity index (χ4n) is 2.14. The van der Waals surface area contributed by atoms with Crippen LogP contribution >= 0.6 is 34.5 Å². The Labute approximate surface area is 133 Å². The highest BCUT2D eigenvalue weighted by molar-refractivity contribution is 7.15. The molecule has 2 aromatic rings. The van der Waals surface area contributed by atoms with E-state index < -0.39 is 0 Å². The predicted molar refractivity (Wildman–Crippen MR) is 87.7 cm³/mol. The maximum absolute atomic E-state index is 6.28. The Morgan fingerprint density at radius 3 is 2.50 bits per heavy atom. The summed E-state index contributed by atoms with van der Waals surface area (Å²) in [6.45, 7) is 5.73. The van der Waals surface area contributed by atoms with Crippen molar-refractivity contribution in [3.63, 3.8) is 0 Å². The molecule has 3 N–H and O–H groups in total. The number of nitrogen functional groups attached to an aromatic ring is 1.